The molecule has 0 aromatic rings. The van der Waals surface area contributed by atoms with Crippen molar-refractivity contribution in [3.63, 3.8) is 0 Å². The van der Waals surface area contributed by atoms with E-state index in [1.165, 1.54) is 173 Å². The number of allylic oxidation sites excluding steroid dienone is 6. The van der Waals surface area contributed by atoms with Crippen molar-refractivity contribution >= 4 is 17.9 Å². The Labute approximate surface area is 397 Å². The van der Waals surface area contributed by atoms with E-state index in [0.29, 0.717) is 19.3 Å². The van der Waals surface area contributed by atoms with Crippen LogP contribution in [0.3, 0.4) is 0 Å². The molecule has 0 spiro atoms. The molecule has 0 saturated carbocycles. The van der Waals surface area contributed by atoms with E-state index in [1.54, 1.807) is 0 Å². The Bertz CT molecular complexity index is 1080. The molecule has 0 heterocycles. The second-order valence-corrected chi connectivity index (χ2v) is 18.9. The summed E-state index contributed by atoms with van der Waals surface area (Å²) in [7, 11) is 0. The number of carbonyl (C=O) groups is 3. The molecule has 0 N–H and O–H groups in total. The van der Waals surface area contributed by atoms with Gasteiger partial charge in [0.25, 0.3) is 0 Å². The Kier molecular flexibility index (Phi) is 51.3. The third-order valence-corrected chi connectivity index (χ3v) is 12.4. The lowest BCUT2D eigenvalue weighted by Gasteiger charge is -2.18. The van der Waals surface area contributed by atoms with Crippen molar-refractivity contribution in [3.05, 3.63) is 36.5 Å². The summed E-state index contributed by atoms with van der Waals surface area (Å²) < 4.78 is 16.8. The fourth-order valence-electron chi connectivity index (χ4n) is 8.16. The second kappa shape index (κ2) is 53.2. The summed E-state index contributed by atoms with van der Waals surface area (Å²) >= 11 is 0. The van der Waals surface area contributed by atoms with Crippen LogP contribution >= 0.6 is 0 Å². The SMILES string of the molecule is CCCCC/C=C\C/C=C\C/C=C\CCCCCCC(=O)OC[C@H](COC(=O)CCCCCCCCCCCCCCCCCCC)OC(=O)CCCCCCCCCCCCCC. The fourth-order valence-corrected chi connectivity index (χ4v) is 8.16. The average Bonchev–Trinajstić information content (AvgIpc) is 3.29. The standard InChI is InChI=1S/C58H106O6/c1-4-7-10-13-16-19-22-25-27-29-31-33-36-38-41-44-47-50-56(59)62-53-55(64-58(61)52-49-46-43-40-35-24-21-18-15-12-9-6-3)54-63-57(60)51-48-45-42-39-37-34-32-30-28-26-23-20-17-14-11-8-5-2/h16,19,25,27,31,33,55H,4-15,17-18,20-24,26,28-30,32,34-54H2,1-3H3/b19-16-,27-25-,33-31-/t55-/m1/s1. The van der Waals surface area contributed by atoms with Crippen molar-refractivity contribution in [2.24, 2.45) is 0 Å². The van der Waals surface area contributed by atoms with Gasteiger partial charge in [0, 0.05) is 19.3 Å². The molecule has 0 fully saturated rings. The normalized spacial score (nSPS) is 12.2. The summed E-state index contributed by atoms with van der Waals surface area (Å²) in [6.45, 7) is 6.63. The van der Waals surface area contributed by atoms with Crippen LogP contribution in [0.4, 0.5) is 0 Å². The van der Waals surface area contributed by atoms with Gasteiger partial charge in [-0.1, -0.05) is 256 Å². The minimum atomic E-state index is -0.776. The van der Waals surface area contributed by atoms with E-state index in [-0.39, 0.29) is 31.1 Å². The maximum Gasteiger partial charge on any atom is 0.306 e. The molecule has 0 saturated heterocycles. The van der Waals surface area contributed by atoms with Gasteiger partial charge in [0.05, 0.1) is 0 Å². The zero-order chi connectivity index (χ0) is 46.5. The maximum atomic E-state index is 12.8. The van der Waals surface area contributed by atoms with Gasteiger partial charge in [0.2, 0.25) is 0 Å². The minimum Gasteiger partial charge on any atom is -0.462 e. The lowest BCUT2D eigenvalue weighted by atomic mass is 10.0. The Morgan fingerprint density at radius 3 is 0.906 bits per heavy atom. The number of unbranched alkanes of at least 4 members (excludes halogenated alkanes) is 34. The first-order valence-corrected chi connectivity index (χ1v) is 28.0. The largest absolute Gasteiger partial charge is 0.462 e. The van der Waals surface area contributed by atoms with Crippen LogP contribution in [-0.4, -0.2) is 37.2 Å². The van der Waals surface area contributed by atoms with Crippen molar-refractivity contribution in [3.8, 4) is 0 Å². The molecule has 0 bridgehead atoms. The predicted octanol–water partition coefficient (Wildman–Crippen LogP) is 18.5. The van der Waals surface area contributed by atoms with E-state index in [4.69, 9.17) is 14.2 Å². The van der Waals surface area contributed by atoms with Crippen LogP contribution < -0.4 is 0 Å². The summed E-state index contributed by atoms with van der Waals surface area (Å²) in [5, 5.41) is 0. The molecule has 0 aliphatic carbocycles. The van der Waals surface area contributed by atoms with Crippen LogP contribution in [0.15, 0.2) is 36.5 Å². The first kappa shape index (κ1) is 61.6. The molecule has 0 aliphatic heterocycles. The number of hydrogen-bond donors (Lipinski definition) is 0. The highest BCUT2D eigenvalue weighted by Crippen LogP contribution is 2.16. The van der Waals surface area contributed by atoms with Gasteiger partial charge in [0.15, 0.2) is 6.10 Å². The van der Waals surface area contributed by atoms with Gasteiger partial charge in [0.1, 0.15) is 13.2 Å². The van der Waals surface area contributed by atoms with Crippen molar-refractivity contribution in [2.45, 2.75) is 303 Å². The van der Waals surface area contributed by atoms with Gasteiger partial charge < -0.3 is 14.2 Å². The maximum absolute atomic E-state index is 12.8. The van der Waals surface area contributed by atoms with Crippen molar-refractivity contribution in [1.29, 1.82) is 0 Å². The highest BCUT2D eigenvalue weighted by molar-refractivity contribution is 5.71. The van der Waals surface area contributed by atoms with Crippen LogP contribution in [0, 0.1) is 0 Å². The molecule has 0 rings (SSSR count). The molecule has 0 amide bonds. The first-order valence-electron chi connectivity index (χ1n) is 28.0. The number of carbonyl (C=O) groups excluding carboxylic acids is 3. The summed E-state index contributed by atoms with van der Waals surface area (Å²) in [4.78, 5) is 38.1. The number of esters is 3. The van der Waals surface area contributed by atoms with Gasteiger partial charge >= 0.3 is 17.9 Å². The smallest absolute Gasteiger partial charge is 0.306 e. The van der Waals surface area contributed by atoms with Crippen molar-refractivity contribution in [2.75, 3.05) is 13.2 Å². The van der Waals surface area contributed by atoms with Gasteiger partial charge in [-0.15, -0.1) is 0 Å². The highest BCUT2D eigenvalue weighted by atomic mass is 16.6. The first-order chi connectivity index (χ1) is 31.5. The molecule has 0 radical (unpaired) electrons. The fraction of sp³-hybridized carbons (Fsp3) is 0.845. The molecular formula is C58H106O6. The lowest BCUT2D eigenvalue weighted by molar-refractivity contribution is -0.167. The van der Waals surface area contributed by atoms with E-state index in [1.807, 2.05) is 0 Å². The number of rotatable bonds is 51. The van der Waals surface area contributed by atoms with Crippen LogP contribution in [0.5, 0.6) is 0 Å². The Balaban J connectivity index is 4.34. The Hall–Kier alpha value is -2.37. The monoisotopic (exact) mass is 899 g/mol. The molecule has 0 unspecified atom stereocenters. The van der Waals surface area contributed by atoms with E-state index < -0.39 is 6.10 Å². The third kappa shape index (κ3) is 50.6. The van der Waals surface area contributed by atoms with Gasteiger partial charge in [-0.05, 0) is 57.8 Å². The van der Waals surface area contributed by atoms with Crippen LogP contribution in [0.2, 0.25) is 0 Å². The summed E-state index contributed by atoms with van der Waals surface area (Å²) in [6, 6.07) is 0. The molecule has 6 heteroatoms. The lowest BCUT2D eigenvalue weighted by Crippen LogP contribution is -2.30. The zero-order valence-electron chi connectivity index (χ0n) is 42.8. The van der Waals surface area contributed by atoms with E-state index >= 15 is 0 Å². The highest BCUT2D eigenvalue weighted by Gasteiger charge is 2.19. The summed E-state index contributed by atoms with van der Waals surface area (Å²) in [6.07, 6.45) is 62.7. The van der Waals surface area contributed by atoms with Gasteiger partial charge in [-0.3, -0.25) is 14.4 Å². The van der Waals surface area contributed by atoms with Crippen molar-refractivity contribution < 1.29 is 28.6 Å². The Morgan fingerprint density at radius 2 is 0.562 bits per heavy atom. The van der Waals surface area contributed by atoms with E-state index in [2.05, 4.69) is 57.2 Å². The summed E-state index contributed by atoms with van der Waals surface area (Å²) in [5.74, 6) is -0.881. The molecular weight excluding hydrogens is 793 g/mol. The summed E-state index contributed by atoms with van der Waals surface area (Å²) in [5.41, 5.74) is 0. The number of hydrogen-bond acceptors (Lipinski definition) is 6. The van der Waals surface area contributed by atoms with E-state index in [0.717, 1.165) is 83.5 Å². The van der Waals surface area contributed by atoms with Crippen LogP contribution in [0.25, 0.3) is 0 Å². The molecule has 374 valence electrons. The third-order valence-electron chi connectivity index (χ3n) is 12.4. The van der Waals surface area contributed by atoms with Crippen LogP contribution in [-0.2, 0) is 28.6 Å². The van der Waals surface area contributed by atoms with Gasteiger partial charge in [-0.2, -0.15) is 0 Å². The molecule has 0 aromatic heterocycles. The van der Waals surface area contributed by atoms with Crippen molar-refractivity contribution in [1.82, 2.24) is 0 Å². The van der Waals surface area contributed by atoms with E-state index in [9.17, 15) is 14.4 Å². The van der Waals surface area contributed by atoms with Crippen LogP contribution in [0.1, 0.15) is 297 Å². The molecule has 64 heavy (non-hydrogen) atoms. The predicted molar refractivity (Wildman–Crippen MR) is 275 cm³/mol. The molecule has 0 aliphatic rings. The molecule has 1 atom stereocenters. The molecule has 0 aromatic carbocycles. The second-order valence-electron chi connectivity index (χ2n) is 18.9. The quantitative estimate of drug-likeness (QED) is 0.0262. The topological polar surface area (TPSA) is 78.9 Å². The average molecular weight is 899 g/mol. The van der Waals surface area contributed by atoms with Gasteiger partial charge in [-0.25, -0.2) is 0 Å². The molecule has 6 nitrogen and oxygen atoms in total. The Morgan fingerprint density at radius 1 is 0.312 bits per heavy atom. The number of ether oxygens (including phenoxy) is 3. The zero-order valence-corrected chi connectivity index (χ0v) is 42.8. The minimum absolute atomic E-state index is 0.0747.